The van der Waals surface area contributed by atoms with Crippen LogP contribution in [0.5, 0.6) is 5.75 Å². The number of carboxylic acids is 1. The SMILES string of the molecule is O=C(O)c1cc(NCCCCc2cccc(Cl)c2)ccc1O. The number of nitrogens with one attached hydrogen (secondary N) is 1. The Kier molecular flexibility index (Phi) is 5.67. The van der Waals surface area contributed by atoms with Crippen LogP contribution in [0.25, 0.3) is 0 Å². The van der Waals surface area contributed by atoms with E-state index in [0.29, 0.717) is 5.69 Å². The first-order valence-electron chi connectivity index (χ1n) is 7.11. The number of hydrogen-bond donors (Lipinski definition) is 3. The first-order chi connectivity index (χ1) is 10.6. The predicted octanol–water partition coefficient (Wildman–Crippen LogP) is 4.18. The summed E-state index contributed by atoms with van der Waals surface area (Å²) in [7, 11) is 0. The third kappa shape index (κ3) is 4.67. The number of carboxylic acid groups (broad SMARTS) is 1. The number of unbranched alkanes of at least 4 members (excludes halogenated alkanes) is 1. The van der Waals surface area contributed by atoms with Crippen LogP contribution in [0.1, 0.15) is 28.8 Å². The molecule has 2 rings (SSSR count). The maximum absolute atomic E-state index is 10.9. The molecule has 0 aromatic heterocycles. The van der Waals surface area contributed by atoms with E-state index >= 15 is 0 Å². The minimum absolute atomic E-state index is 0.0936. The second-order valence-corrected chi connectivity index (χ2v) is 5.49. The molecule has 22 heavy (non-hydrogen) atoms. The van der Waals surface area contributed by atoms with Crippen molar-refractivity contribution in [2.75, 3.05) is 11.9 Å². The molecule has 0 heterocycles. The van der Waals surface area contributed by atoms with Crippen LogP contribution in [0.2, 0.25) is 5.02 Å². The van der Waals surface area contributed by atoms with Crippen LogP contribution in [-0.2, 0) is 6.42 Å². The monoisotopic (exact) mass is 319 g/mol. The molecule has 0 saturated heterocycles. The van der Waals surface area contributed by atoms with Crippen LogP contribution < -0.4 is 5.32 Å². The number of aromatic hydroxyl groups is 1. The number of carbonyl (C=O) groups is 1. The number of halogens is 1. The zero-order chi connectivity index (χ0) is 15.9. The van der Waals surface area contributed by atoms with Gasteiger partial charge in [0.05, 0.1) is 0 Å². The van der Waals surface area contributed by atoms with Gasteiger partial charge in [-0.15, -0.1) is 0 Å². The number of aryl methyl sites for hydroxylation is 1. The molecule has 0 fully saturated rings. The van der Waals surface area contributed by atoms with Crippen molar-refractivity contribution in [3.05, 3.63) is 58.6 Å². The molecule has 0 aliphatic carbocycles. The van der Waals surface area contributed by atoms with Crippen molar-refractivity contribution in [3.8, 4) is 5.75 Å². The molecule has 5 heteroatoms. The maximum atomic E-state index is 10.9. The minimum Gasteiger partial charge on any atom is -0.507 e. The van der Waals surface area contributed by atoms with E-state index in [0.717, 1.165) is 30.8 Å². The molecule has 4 nitrogen and oxygen atoms in total. The lowest BCUT2D eigenvalue weighted by Crippen LogP contribution is -2.04. The molecule has 2 aromatic rings. The van der Waals surface area contributed by atoms with Gasteiger partial charge in [-0.2, -0.15) is 0 Å². The third-order valence-corrected chi connectivity index (χ3v) is 3.57. The van der Waals surface area contributed by atoms with Gasteiger partial charge in [0.1, 0.15) is 11.3 Å². The Hall–Kier alpha value is -2.20. The molecule has 0 spiro atoms. The van der Waals surface area contributed by atoms with Gasteiger partial charge < -0.3 is 15.5 Å². The fourth-order valence-electron chi connectivity index (χ4n) is 2.20. The van der Waals surface area contributed by atoms with Gasteiger partial charge in [0.2, 0.25) is 0 Å². The van der Waals surface area contributed by atoms with Gasteiger partial charge in [0.25, 0.3) is 0 Å². The van der Waals surface area contributed by atoms with E-state index in [9.17, 15) is 9.90 Å². The summed E-state index contributed by atoms with van der Waals surface area (Å²) >= 11 is 5.94. The second kappa shape index (κ2) is 7.71. The van der Waals surface area contributed by atoms with Crippen LogP contribution in [0.3, 0.4) is 0 Å². The topological polar surface area (TPSA) is 69.6 Å². The number of phenols is 1. The van der Waals surface area contributed by atoms with Gasteiger partial charge in [0, 0.05) is 17.3 Å². The molecule has 2 aromatic carbocycles. The summed E-state index contributed by atoms with van der Waals surface area (Å²) in [5, 5.41) is 22.3. The summed E-state index contributed by atoms with van der Waals surface area (Å²) in [5.41, 5.74) is 1.81. The third-order valence-electron chi connectivity index (χ3n) is 3.34. The number of hydrogen-bond acceptors (Lipinski definition) is 3. The Morgan fingerprint density at radius 3 is 2.68 bits per heavy atom. The fourth-order valence-corrected chi connectivity index (χ4v) is 2.41. The van der Waals surface area contributed by atoms with Gasteiger partial charge in [-0.25, -0.2) is 4.79 Å². The maximum Gasteiger partial charge on any atom is 0.339 e. The molecule has 0 unspecified atom stereocenters. The Morgan fingerprint density at radius 1 is 1.14 bits per heavy atom. The van der Waals surface area contributed by atoms with E-state index in [4.69, 9.17) is 16.7 Å². The van der Waals surface area contributed by atoms with Crippen molar-refractivity contribution in [2.45, 2.75) is 19.3 Å². The first kappa shape index (κ1) is 16.2. The molecular weight excluding hydrogens is 302 g/mol. The standard InChI is InChI=1S/C17H18ClNO3/c18-13-6-3-5-12(10-13)4-1-2-9-19-14-7-8-16(20)15(11-14)17(21)22/h3,5-8,10-11,19-20H,1-2,4,9H2,(H,21,22). The van der Waals surface area contributed by atoms with Crippen molar-refractivity contribution in [1.82, 2.24) is 0 Å². The molecular formula is C17H18ClNO3. The zero-order valence-electron chi connectivity index (χ0n) is 12.1. The second-order valence-electron chi connectivity index (χ2n) is 5.05. The Morgan fingerprint density at radius 2 is 1.95 bits per heavy atom. The Labute approximate surface area is 134 Å². The quantitative estimate of drug-likeness (QED) is 0.529. The normalized spacial score (nSPS) is 10.4. The van der Waals surface area contributed by atoms with Crippen LogP contribution in [0.15, 0.2) is 42.5 Å². The van der Waals surface area contributed by atoms with Crippen molar-refractivity contribution in [2.24, 2.45) is 0 Å². The predicted molar refractivity (Wildman–Crippen MR) is 87.9 cm³/mol. The van der Waals surface area contributed by atoms with Crippen molar-refractivity contribution in [3.63, 3.8) is 0 Å². The molecule has 0 saturated carbocycles. The van der Waals surface area contributed by atoms with Gasteiger partial charge in [-0.1, -0.05) is 23.7 Å². The average Bonchev–Trinajstić information content (AvgIpc) is 2.48. The number of anilines is 1. The first-order valence-corrected chi connectivity index (χ1v) is 7.48. The molecule has 0 radical (unpaired) electrons. The summed E-state index contributed by atoms with van der Waals surface area (Å²) < 4.78 is 0. The summed E-state index contributed by atoms with van der Waals surface area (Å²) in [6.07, 6.45) is 2.92. The van der Waals surface area contributed by atoms with Gasteiger partial charge in [0.15, 0.2) is 0 Å². The van der Waals surface area contributed by atoms with E-state index < -0.39 is 5.97 Å². The molecule has 0 atom stereocenters. The lowest BCUT2D eigenvalue weighted by molar-refractivity contribution is 0.0694. The van der Waals surface area contributed by atoms with Crippen molar-refractivity contribution in [1.29, 1.82) is 0 Å². The van der Waals surface area contributed by atoms with Gasteiger partial charge in [-0.05, 0) is 55.2 Å². The summed E-state index contributed by atoms with van der Waals surface area (Å²) in [4.78, 5) is 10.9. The van der Waals surface area contributed by atoms with Gasteiger partial charge in [-0.3, -0.25) is 0 Å². The smallest absolute Gasteiger partial charge is 0.339 e. The highest BCUT2D eigenvalue weighted by Gasteiger charge is 2.09. The molecule has 0 aliphatic rings. The van der Waals surface area contributed by atoms with E-state index in [2.05, 4.69) is 11.4 Å². The number of rotatable bonds is 7. The lowest BCUT2D eigenvalue weighted by Gasteiger charge is -2.08. The van der Waals surface area contributed by atoms with Crippen molar-refractivity contribution < 1.29 is 15.0 Å². The highest BCUT2D eigenvalue weighted by Crippen LogP contribution is 2.21. The summed E-state index contributed by atoms with van der Waals surface area (Å²) in [6, 6.07) is 12.3. The largest absolute Gasteiger partial charge is 0.507 e. The van der Waals surface area contributed by atoms with E-state index in [1.807, 2.05) is 18.2 Å². The molecule has 0 amide bonds. The van der Waals surface area contributed by atoms with Crippen LogP contribution in [-0.4, -0.2) is 22.7 Å². The summed E-state index contributed by atoms with van der Waals surface area (Å²) in [6.45, 7) is 0.740. The van der Waals surface area contributed by atoms with E-state index in [-0.39, 0.29) is 11.3 Å². The highest BCUT2D eigenvalue weighted by atomic mass is 35.5. The average molecular weight is 320 g/mol. The van der Waals surface area contributed by atoms with Crippen molar-refractivity contribution >= 4 is 23.3 Å². The zero-order valence-corrected chi connectivity index (χ0v) is 12.8. The van der Waals surface area contributed by atoms with E-state index in [1.165, 1.54) is 17.7 Å². The Bertz CT molecular complexity index is 658. The van der Waals surface area contributed by atoms with E-state index in [1.54, 1.807) is 6.07 Å². The van der Waals surface area contributed by atoms with Crippen LogP contribution in [0.4, 0.5) is 5.69 Å². The van der Waals surface area contributed by atoms with Crippen LogP contribution >= 0.6 is 11.6 Å². The Balaban J connectivity index is 1.77. The fraction of sp³-hybridized carbons (Fsp3) is 0.235. The number of benzene rings is 2. The molecule has 116 valence electrons. The molecule has 3 N–H and O–H groups in total. The molecule has 0 bridgehead atoms. The summed E-state index contributed by atoms with van der Waals surface area (Å²) in [5.74, 6) is -1.36. The molecule has 0 aliphatic heterocycles. The minimum atomic E-state index is -1.14. The van der Waals surface area contributed by atoms with Crippen LogP contribution in [0, 0.1) is 0 Å². The highest BCUT2D eigenvalue weighted by molar-refractivity contribution is 6.30. The van der Waals surface area contributed by atoms with Gasteiger partial charge >= 0.3 is 5.97 Å². The number of aromatic carboxylic acids is 1. The lowest BCUT2D eigenvalue weighted by atomic mass is 10.1.